The Morgan fingerprint density at radius 2 is 1.83 bits per heavy atom. The van der Waals surface area contributed by atoms with Crippen molar-refractivity contribution >= 4 is 24.8 Å². The van der Waals surface area contributed by atoms with Crippen molar-refractivity contribution in [3.63, 3.8) is 0 Å². The van der Waals surface area contributed by atoms with Crippen molar-refractivity contribution in [2.24, 2.45) is 45.5 Å². The number of aliphatic imine (C=N–C) groups is 1. The van der Waals surface area contributed by atoms with E-state index in [1.165, 1.54) is 12.0 Å². The van der Waals surface area contributed by atoms with Crippen molar-refractivity contribution in [2.75, 3.05) is 6.54 Å². The molecule has 1 aliphatic heterocycles. The minimum absolute atomic E-state index is 0.0267. The van der Waals surface area contributed by atoms with Gasteiger partial charge in [-0.05, 0) is 80.6 Å². The highest BCUT2D eigenvalue weighted by molar-refractivity contribution is 6.47. The summed E-state index contributed by atoms with van der Waals surface area (Å²) in [5.41, 5.74) is 12.8. The summed E-state index contributed by atoms with van der Waals surface area (Å²) >= 11 is 0. The molecule has 9 heteroatoms. The van der Waals surface area contributed by atoms with E-state index in [2.05, 4.69) is 51.9 Å². The molecule has 5 rings (SSSR count). The number of nitrogens with two attached hydrogens (primary N) is 2. The molecule has 0 aromatic heterocycles. The SMILES string of the molecule is CCCCc1ccc(C(=O)C[C@@H](CCCN=C(N)N)C(=O)N[C@@H](CC(C)C)B2O[C@@H]3C[C@@H]4C[C@@H](C4(C)C)[C@]3(C)O2)cc1. The van der Waals surface area contributed by atoms with Crippen molar-refractivity contribution in [3.8, 4) is 0 Å². The van der Waals surface area contributed by atoms with E-state index in [0.29, 0.717) is 42.7 Å². The standard InChI is InChI=1S/C33H53BN4O4/c1-7-8-10-22-12-14-23(15-13-22)26(39)18-24(11-9-16-37-31(35)36)30(40)38-29(17-21(2)3)34-41-28-20-25-19-27(32(25,4)5)33(28,6)42-34/h12-15,21,24-25,27-29H,7-11,16-20H2,1-6H3,(H,38,40)(H4,35,36,37)/t24-,25+,27+,28-,29+,33+/m1/s1. The quantitative estimate of drug-likeness (QED) is 0.0874. The number of nitrogens with zero attached hydrogens (tertiary/aromatic N) is 1. The number of amides is 1. The number of guanidine groups is 1. The predicted octanol–water partition coefficient (Wildman–Crippen LogP) is 5.07. The van der Waals surface area contributed by atoms with Crippen LogP contribution in [0.15, 0.2) is 29.3 Å². The summed E-state index contributed by atoms with van der Waals surface area (Å²) in [7, 11) is -0.504. The Morgan fingerprint density at radius 3 is 2.45 bits per heavy atom. The van der Waals surface area contributed by atoms with Crippen LogP contribution in [0.5, 0.6) is 0 Å². The Labute approximate surface area is 253 Å². The van der Waals surface area contributed by atoms with Gasteiger partial charge in [-0.1, -0.05) is 65.3 Å². The Balaban J connectivity index is 1.46. The first-order chi connectivity index (χ1) is 19.8. The van der Waals surface area contributed by atoms with E-state index < -0.39 is 13.0 Å². The van der Waals surface area contributed by atoms with E-state index in [9.17, 15) is 9.59 Å². The number of hydrogen-bond acceptors (Lipinski definition) is 5. The maximum absolute atomic E-state index is 13.9. The first-order valence-electron chi connectivity index (χ1n) is 16.2. The normalized spacial score (nSPS) is 27.1. The summed E-state index contributed by atoms with van der Waals surface area (Å²) in [5, 5.41) is 3.28. The molecule has 1 aromatic carbocycles. The Bertz CT molecular complexity index is 1120. The van der Waals surface area contributed by atoms with E-state index in [1.54, 1.807) is 0 Å². The monoisotopic (exact) mass is 580 g/mol. The summed E-state index contributed by atoms with van der Waals surface area (Å²) in [5.74, 6) is 0.477. The number of nitrogens with one attached hydrogen (secondary N) is 1. The van der Waals surface area contributed by atoms with Crippen LogP contribution in [0.25, 0.3) is 0 Å². The average Bonchev–Trinajstić information content (AvgIpc) is 3.30. The molecule has 1 aromatic rings. The van der Waals surface area contributed by atoms with Crippen molar-refractivity contribution in [3.05, 3.63) is 35.4 Å². The maximum atomic E-state index is 13.9. The minimum atomic E-state index is -0.507. The third-order valence-corrected chi connectivity index (χ3v) is 10.3. The molecule has 6 atom stereocenters. The Kier molecular flexibility index (Phi) is 10.5. The zero-order valence-corrected chi connectivity index (χ0v) is 26.7. The van der Waals surface area contributed by atoms with E-state index in [4.69, 9.17) is 20.8 Å². The summed E-state index contributed by atoms with van der Waals surface area (Å²) in [6.45, 7) is 13.8. The summed E-state index contributed by atoms with van der Waals surface area (Å²) < 4.78 is 13.3. The van der Waals surface area contributed by atoms with Crippen LogP contribution in [0.1, 0.15) is 109 Å². The van der Waals surface area contributed by atoms with Crippen molar-refractivity contribution in [2.45, 2.75) is 117 Å². The lowest BCUT2D eigenvalue weighted by atomic mass is 9.43. The number of rotatable bonds is 15. The van der Waals surface area contributed by atoms with Gasteiger partial charge in [-0.3, -0.25) is 14.6 Å². The van der Waals surface area contributed by atoms with Gasteiger partial charge in [-0.15, -0.1) is 0 Å². The Morgan fingerprint density at radius 1 is 1.12 bits per heavy atom. The number of unbranched alkanes of at least 4 members (excludes halogenated alkanes) is 1. The van der Waals surface area contributed by atoms with Gasteiger partial charge < -0.3 is 26.1 Å². The fourth-order valence-electron chi connectivity index (χ4n) is 7.57. The molecular weight excluding hydrogens is 527 g/mol. The molecular formula is C33H53BN4O4. The molecule has 5 N–H and O–H groups in total. The largest absolute Gasteiger partial charge is 0.481 e. The van der Waals surface area contributed by atoms with Gasteiger partial charge in [0.2, 0.25) is 5.91 Å². The van der Waals surface area contributed by atoms with Gasteiger partial charge in [-0.2, -0.15) is 0 Å². The van der Waals surface area contributed by atoms with E-state index >= 15 is 0 Å². The molecule has 4 fully saturated rings. The van der Waals surface area contributed by atoms with Crippen LogP contribution in [0.3, 0.4) is 0 Å². The topological polar surface area (TPSA) is 129 Å². The number of aryl methyl sites for hydroxylation is 1. The first kappa shape index (κ1) is 32.5. The van der Waals surface area contributed by atoms with E-state index in [0.717, 1.165) is 32.1 Å². The van der Waals surface area contributed by atoms with Gasteiger partial charge in [0.25, 0.3) is 0 Å². The van der Waals surface area contributed by atoms with Crippen LogP contribution in [0.4, 0.5) is 0 Å². The summed E-state index contributed by atoms with van der Waals surface area (Å²) in [4.78, 5) is 31.3. The molecule has 0 radical (unpaired) electrons. The first-order valence-corrected chi connectivity index (χ1v) is 16.2. The van der Waals surface area contributed by atoms with Gasteiger partial charge in [-0.25, -0.2) is 0 Å². The number of carbonyl (C=O) groups is 2. The van der Waals surface area contributed by atoms with Crippen molar-refractivity contribution in [1.82, 2.24) is 5.32 Å². The fourth-order valence-corrected chi connectivity index (χ4v) is 7.57. The molecule has 0 spiro atoms. The van der Waals surface area contributed by atoms with E-state index in [1.807, 2.05) is 24.3 Å². The second-order valence-electron chi connectivity index (χ2n) is 14.2. The number of benzene rings is 1. The molecule has 3 saturated carbocycles. The molecule has 2 bridgehead atoms. The third kappa shape index (κ3) is 7.21. The molecule has 1 saturated heterocycles. The average molecular weight is 581 g/mol. The second-order valence-corrected chi connectivity index (χ2v) is 14.2. The molecule has 232 valence electrons. The molecule has 8 nitrogen and oxygen atoms in total. The lowest BCUT2D eigenvalue weighted by Crippen LogP contribution is -2.65. The molecule has 0 unspecified atom stereocenters. The minimum Gasteiger partial charge on any atom is -0.404 e. The third-order valence-electron chi connectivity index (χ3n) is 10.3. The molecule has 1 heterocycles. The highest BCUT2D eigenvalue weighted by atomic mass is 16.7. The molecule has 42 heavy (non-hydrogen) atoms. The van der Waals surface area contributed by atoms with Gasteiger partial charge in [0.1, 0.15) is 0 Å². The lowest BCUT2D eigenvalue weighted by molar-refractivity contribution is -0.199. The maximum Gasteiger partial charge on any atom is 0.481 e. The zero-order chi connectivity index (χ0) is 30.7. The van der Waals surface area contributed by atoms with Crippen LogP contribution in [-0.2, 0) is 20.5 Å². The van der Waals surface area contributed by atoms with Crippen LogP contribution in [0, 0.1) is 29.1 Å². The number of hydrogen-bond donors (Lipinski definition) is 3. The van der Waals surface area contributed by atoms with Gasteiger partial charge in [0.05, 0.1) is 17.6 Å². The highest BCUT2D eigenvalue weighted by Crippen LogP contribution is 2.65. The van der Waals surface area contributed by atoms with Crippen LogP contribution in [0.2, 0.25) is 0 Å². The molecule has 4 aliphatic rings. The number of Topliss-reactive ketones (excluding diaryl/α,β-unsaturated/α-hetero) is 1. The van der Waals surface area contributed by atoms with E-state index in [-0.39, 0.29) is 47.1 Å². The van der Waals surface area contributed by atoms with Crippen molar-refractivity contribution < 1.29 is 18.9 Å². The zero-order valence-electron chi connectivity index (χ0n) is 26.7. The fraction of sp³-hybridized carbons (Fsp3) is 0.727. The van der Waals surface area contributed by atoms with Gasteiger partial charge >= 0.3 is 7.12 Å². The van der Waals surface area contributed by atoms with Gasteiger partial charge in [0.15, 0.2) is 11.7 Å². The summed E-state index contributed by atoms with van der Waals surface area (Å²) in [6, 6.07) is 7.82. The Hall–Kier alpha value is -2.39. The molecule has 3 aliphatic carbocycles. The van der Waals surface area contributed by atoms with Crippen LogP contribution < -0.4 is 16.8 Å². The number of carbonyl (C=O) groups excluding carboxylic acids is 2. The van der Waals surface area contributed by atoms with Crippen LogP contribution >= 0.6 is 0 Å². The second kappa shape index (κ2) is 13.5. The van der Waals surface area contributed by atoms with Crippen molar-refractivity contribution in [1.29, 1.82) is 0 Å². The summed E-state index contributed by atoms with van der Waals surface area (Å²) in [6.07, 6.45) is 7.43. The smallest absolute Gasteiger partial charge is 0.404 e. The highest BCUT2D eigenvalue weighted by Gasteiger charge is 2.68. The van der Waals surface area contributed by atoms with Gasteiger partial charge in [0, 0.05) is 24.4 Å². The lowest BCUT2D eigenvalue weighted by Gasteiger charge is -2.64. The molecule has 1 amide bonds. The van der Waals surface area contributed by atoms with Crippen LogP contribution in [-0.4, -0.2) is 49.0 Å². The predicted molar refractivity (Wildman–Crippen MR) is 169 cm³/mol. The number of ketones is 1.